The number of aromatic nitrogens is 2. The van der Waals surface area contributed by atoms with Gasteiger partial charge in [-0.15, -0.1) is 0 Å². The van der Waals surface area contributed by atoms with Crippen molar-refractivity contribution in [3.63, 3.8) is 0 Å². The van der Waals surface area contributed by atoms with E-state index in [0.717, 1.165) is 41.3 Å². The summed E-state index contributed by atoms with van der Waals surface area (Å²) < 4.78 is 6.05. The summed E-state index contributed by atoms with van der Waals surface area (Å²) in [5.41, 5.74) is 4.14. The van der Waals surface area contributed by atoms with E-state index in [1.165, 1.54) is 0 Å². The second-order valence-electron chi connectivity index (χ2n) is 8.58. The fourth-order valence-electron chi connectivity index (χ4n) is 4.28. The van der Waals surface area contributed by atoms with E-state index >= 15 is 0 Å². The number of nitrogens with zero attached hydrogens (tertiary/aromatic N) is 4. The minimum atomic E-state index is -0.194. The Labute approximate surface area is 215 Å². The number of aryl methyl sites for hydroxylation is 1. The largest absolute Gasteiger partial charge is 0.487 e. The Balaban J connectivity index is 1.49. The number of carbonyl (C=O) groups is 1. The number of likely N-dealkylation sites (N-methyl/N-ethyl adjacent to an activating group) is 1. The van der Waals surface area contributed by atoms with Gasteiger partial charge in [-0.05, 0) is 43.8 Å². The molecule has 3 heterocycles. The number of rotatable bonds is 5. The second kappa shape index (κ2) is 10.4. The van der Waals surface area contributed by atoms with Gasteiger partial charge >= 0.3 is 6.03 Å². The smallest absolute Gasteiger partial charge is 0.330 e. The van der Waals surface area contributed by atoms with Crippen molar-refractivity contribution in [3.8, 4) is 5.75 Å². The molecule has 10 heteroatoms. The predicted octanol–water partition coefficient (Wildman–Crippen LogP) is 4.71. The Kier molecular flexibility index (Phi) is 6.92. The maximum atomic E-state index is 13.7. The van der Waals surface area contributed by atoms with E-state index in [4.69, 9.17) is 21.3 Å². The van der Waals surface area contributed by atoms with Gasteiger partial charge in [-0.3, -0.25) is 9.80 Å². The molecular weight excluding hydrogens is 478 g/mol. The maximum Gasteiger partial charge on any atom is 0.330 e. The van der Waals surface area contributed by atoms with Gasteiger partial charge in [0.25, 0.3) is 0 Å². The zero-order chi connectivity index (χ0) is 25.1. The van der Waals surface area contributed by atoms with Crippen LogP contribution in [0.3, 0.4) is 0 Å². The Morgan fingerprint density at radius 1 is 1.17 bits per heavy atom. The molecule has 2 aliphatic rings. The van der Waals surface area contributed by atoms with Crippen molar-refractivity contribution in [1.29, 1.82) is 0 Å². The first kappa shape index (κ1) is 23.9. The van der Waals surface area contributed by atoms with Gasteiger partial charge in [0, 0.05) is 43.1 Å². The van der Waals surface area contributed by atoms with Crippen LogP contribution in [0.25, 0.3) is 0 Å². The van der Waals surface area contributed by atoms with Gasteiger partial charge in [0.2, 0.25) is 5.95 Å². The van der Waals surface area contributed by atoms with Gasteiger partial charge in [0.05, 0.1) is 22.9 Å². The van der Waals surface area contributed by atoms with E-state index < -0.39 is 0 Å². The van der Waals surface area contributed by atoms with Crippen molar-refractivity contribution >= 4 is 46.5 Å². The molecule has 186 valence electrons. The topological polar surface area (TPSA) is 94.7 Å². The van der Waals surface area contributed by atoms with Crippen LogP contribution in [0, 0.1) is 6.92 Å². The van der Waals surface area contributed by atoms with Crippen LogP contribution in [0.4, 0.5) is 33.6 Å². The fourth-order valence-corrected chi connectivity index (χ4v) is 4.61. The lowest BCUT2D eigenvalue weighted by atomic mass is 10.1. The Morgan fingerprint density at radius 2 is 2.06 bits per heavy atom. The molecule has 3 N–H and O–H groups in total. The first-order valence-electron chi connectivity index (χ1n) is 11.8. The van der Waals surface area contributed by atoms with Gasteiger partial charge in [0.1, 0.15) is 18.2 Å². The number of benzene rings is 2. The molecule has 0 saturated heterocycles. The number of hydrogen-bond acceptors (Lipinski definition) is 7. The van der Waals surface area contributed by atoms with Gasteiger partial charge in [0.15, 0.2) is 0 Å². The van der Waals surface area contributed by atoms with E-state index in [-0.39, 0.29) is 6.03 Å². The summed E-state index contributed by atoms with van der Waals surface area (Å²) in [6.45, 7) is 4.56. The van der Waals surface area contributed by atoms with Crippen molar-refractivity contribution in [2.24, 2.45) is 0 Å². The number of hydrogen-bond donors (Lipinski definition) is 3. The highest BCUT2D eigenvalue weighted by molar-refractivity contribution is 6.34. The molecule has 5 rings (SSSR count). The average molecular weight is 506 g/mol. The lowest BCUT2D eigenvalue weighted by molar-refractivity contribution is 0.250. The minimum absolute atomic E-state index is 0.194. The number of ether oxygens (including phenoxy) is 1. The molecule has 0 radical (unpaired) electrons. The van der Waals surface area contributed by atoms with Crippen molar-refractivity contribution in [2.75, 3.05) is 53.7 Å². The van der Waals surface area contributed by atoms with E-state index in [2.05, 4.69) is 20.9 Å². The molecule has 4 bridgehead atoms. The van der Waals surface area contributed by atoms with Gasteiger partial charge in [-0.2, -0.15) is 4.98 Å². The van der Waals surface area contributed by atoms with Crippen molar-refractivity contribution in [3.05, 3.63) is 70.9 Å². The SMILES string of the molecule is CNCCNc1ccc2cc1OC/C=C/CN1C(=O)N(c3c(C)cccc3Cl)Cc3cnc(nc31)N2. The van der Waals surface area contributed by atoms with Crippen LogP contribution in [-0.4, -0.2) is 49.3 Å². The van der Waals surface area contributed by atoms with E-state index in [9.17, 15) is 4.79 Å². The Morgan fingerprint density at radius 3 is 2.89 bits per heavy atom. The summed E-state index contributed by atoms with van der Waals surface area (Å²) in [5, 5.41) is 10.3. The molecule has 0 fully saturated rings. The molecule has 2 amide bonds. The molecule has 0 saturated carbocycles. The highest BCUT2D eigenvalue weighted by Crippen LogP contribution is 2.37. The first-order chi connectivity index (χ1) is 17.5. The minimum Gasteiger partial charge on any atom is -0.487 e. The third-order valence-corrected chi connectivity index (χ3v) is 6.37. The van der Waals surface area contributed by atoms with Gasteiger partial charge in [-0.25, -0.2) is 9.78 Å². The number of fused-ring (bicyclic) bond motifs is 3. The number of carbonyl (C=O) groups excluding carboxylic acids is 1. The quantitative estimate of drug-likeness (QED) is 0.341. The number of halogens is 1. The van der Waals surface area contributed by atoms with Crippen LogP contribution in [0.1, 0.15) is 11.1 Å². The summed E-state index contributed by atoms with van der Waals surface area (Å²) >= 11 is 6.52. The zero-order valence-corrected chi connectivity index (χ0v) is 21.0. The first-order valence-corrected chi connectivity index (χ1v) is 12.2. The van der Waals surface area contributed by atoms with E-state index in [1.54, 1.807) is 22.1 Å². The molecule has 0 spiro atoms. The lowest BCUT2D eigenvalue weighted by Crippen LogP contribution is -2.48. The average Bonchev–Trinajstić information content (AvgIpc) is 2.87. The van der Waals surface area contributed by atoms with Crippen LogP contribution >= 0.6 is 11.6 Å². The summed E-state index contributed by atoms with van der Waals surface area (Å²) in [4.78, 5) is 26.3. The monoisotopic (exact) mass is 505 g/mol. The lowest BCUT2D eigenvalue weighted by Gasteiger charge is -2.36. The summed E-state index contributed by atoms with van der Waals surface area (Å²) in [6.07, 6.45) is 5.58. The Hall–Kier alpha value is -3.82. The van der Waals surface area contributed by atoms with Crippen molar-refractivity contribution in [1.82, 2.24) is 15.3 Å². The Bertz CT molecular complexity index is 1290. The highest BCUT2D eigenvalue weighted by atomic mass is 35.5. The van der Waals surface area contributed by atoms with Crippen LogP contribution in [-0.2, 0) is 6.54 Å². The third kappa shape index (κ3) is 4.80. The maximum absolute atomic E-state index is 13.7. The molecule has 0 atom stereocenters. The van der Waals surface area contributed by atoms with Crippen LogP contribution in [0.5, 0.6) is 5.75 Å². The molecule has 1 aromatic heterocycles. The fraction of sp³-hybridized carbons (Fsp3) is 0.269. The van der Waals surface area contributed by atoms with Crippen molar-refractivity contribution in [2.45, 2.75) is 13.5 Å². The second-order valence-corrected chi connectivity index (χ2v) is 8.98. The number of amides is 2. The van der Waals surface area contributed by atoms with Crippen molar-refractivity contribution < 1.29 is 9.53 Å². The molecule has 2 aliphatic heterocycles. The van der Waals surface area contributed by atoms with E-state index in [1.807, 2.05) is 56.5 Å². The third-order valence-electron chi connectivity index (χ3n) is 6.06. The summed E-state index contributed by atoms with van der Waals surface area (Å²) in [5.74, 6) is 1.70. The molecule has 0 unspecified atom stereocenters. The predicted molar refractivity (Wildman–Crippen MR) is 144 cm³/mol. The van der Waals surface area contributed by atoms with Crippen LogP contribution in [0.2, 0.25) is 5.02 Å². The summed E-state index contributed by atoms with van der Waals surface area (Å²) in [7, 11) is 1.91. The number of urea groups is 1. The number of para-hydroxylation sites is 1. The molecule has 36 heavy (non-hydrogen) atoms. The highest BCUT2D eigenvalue weighted by Gasteiger charge is 2.34. The van der Waals surface area contributed by atoms with E-state index in [0.29, 0.717) is 42.2 Å². The van der Waals surface area contributed by atoms with Gasteiger partial charge < -0.3 is 20.7 Å². The van der Waals surface area contributed by atoms with Gasteiger partial charge in [-0.1, -0.05) is 29.8 Å². The molecule has 9 nitrogen and oxygen atoms in total. The van der Waals surface area contributed by atoms with Crippen LogP contribution < -0.4 is 30.5 Å². The zero-order valence-electron chi connectivity index (χ0n) is 20.2. The molecule has 2 aromatic carbocycles. The van der Waals surface area contributed by atoms with Crippen LogP contribution in [0.15, 0.2) is 54.7 Å². The molecule has 0 aliphatic carbocycles. The molecular formula is C26H28ClN7O2. The summed E-state index contributed by atoms with van der Waals surface area (Å²) in [6, 6.07) is 11.3. The number of anilines is 5. The molecule has 3 aromatic rings. The number of nitrogens with one attached hydrogen (secondary N) is 3. The normalized spacial score (nSPS) is 15.7. The standard InChI is InChI=1S/C26H28ClN7O2/c1-17-6-5-7-20(27)23(17)34-16-18-15-30-25-31-19-8-9-21(29-11-10-28-2)22(14-19)36-13-4-3-12-33(26(34)35)24(18)32-25/h3-9,14-15,28-29H,10-13,16H2,1-2H3,(H,30,31,32)/b4-3+.